The summed E-state index contributed by atoms with van der Waals surface area (Å²) in [5, 5.41) is 8.74. The van der Waals surface area contributed by atoms with Gasteiger partial charge in [0.05, 0.1) is 5.56 Å². The lowest BCUT2D eigenvalue weighted by atomic mass is 10.2. The lowest BCUT2D eigenvalue weighted by Crippen LogP contribution is -2.30. The molecule has 0 aliphatic rings. The molecule has 1 amide bonds. The van der Waals surface area contributed by atoms with Crippen LogP contribution < -0.4 is 20.7 Å². The third kappa shape index (κ3) is 6.86. The van der Waals surface area contributed by atoms with Crippen LogP contribution in [0.5, 0.6) is 5.75 Å². The minimum atomic E-state index is -4.88. The SMILES string of the molecule is Cc1ccc(Nc2cc(C)nc(NCCNC(=O)c3ccccc3OC(F)(F)F)n2)cc1. The maximum Gasteiger partial charge on any atom is 0.573 e. The van der Waals surface area contributed by atoms with Gasteiger partial charge in [-0.15, -0.1) is 13.2 Å². The molecule has 0 aliphatic carbocycles. The second kappa shape index (κ2) is 9.99. The van der Waals surface area contributed by atoms with E-state index in [2.05, 4.69) is 30.7 Å². The first kappa shape index (κ1) is 22.9. The molecular weight excluding hydrogens is 423 g/mol. The molecule has 3 rings (SSSR count). The molecule has 0 aliphatic heterocycles. The Kier molecular flexibility index (Phi) is 7.14. The van der Waals surface area contributed by atoms with Gasteiger partial charge in [0.2, 0.25) is 5.95 Å². The summed E-state index contributed by atoms with van der Waals surface area (Å²) in [7, 11) is 0. The monoisotopic (exact) mass is 445 g/mol. The van der Waals surface area contributed by atoms with Crippen LogP contribution >= 0.6 is 0 Å². The van der Waals surface area contributed by atoms with Crippen molar-refractivity contribution in [1.29, 1.82) is 0 Å². The Morgan fingerprint density at radius 1 is 1.00 bits per heavy atom. The number of carbonyl (C=O) groups is 1. The van der Waals surface area contributed by atoms with Crippen molar-refractivity contribution in [1.82, 2.24) is 15.3 Å². The first-order valence-electron chi connectivity index (χ1n) is 9.76. The zero-order valence-electron chi connectivity index (χ0n) is 17.5. The molecule has 1 heterocycles. The van der Waals surface area contributed by atoms with Gasteiger partial charge >= 0.3 is 6.36 Å². The third-order valence-corrected chi connectivity index (χ3v) is 4.23. The molecular formula is C22H22F3N5O2. The lowest BCUT2D eigenvalue weighted by Gasteiger charge is -2.13. The van der Waals surface area contributed by atoms with E-state index < -0.39 is 18.0 Å². The van der Waals surface area contributed by atoms with Gasteiger partial charge in [0.25, 0.3) is 5.91 Å². The van der Waals surface area contributed by atoms with E-state index in [-0.39, 0.29) is 18.7 Å². The minimum Gasteiger partial charge on any atom is -0.405 e. The fourth-order valence-corrected chi connectivity index (χ4v) is 2.81. The number of nitrogens with one attached hydrogen (secondary N) is 3. The van der Waals surface area contributed by atoms with Crippen LogP contribution in [0.25, 0.3) is 0 Å². The number of hydrogen-bond acceptors (Lipinski definition) is 6. The van der Waals surface area contributed by atoms with Crippen molar-refractivity contribution < 1.29 is 22.7 Å². The zero-order chi connectivity index (χ0) is 23.1. The number of anilines is 3. The number of hydrogen-bond donors (Lipinski definition) is 3. The van der Waals surface area contributed by atoms with Gasteiger partial charge in [-0.05, 0) is 38.1 Å². The summed E-state index contributed by atoms with van der Waals surface area (Å²) in [6.07, 6.45) is -4.88. The summed E-state index contributed by atoms with van der Waals surface area (Å²) in [5.41, 5.74) is 2.55. The van der Waals surface area contributed by atoms with Gasteiger partial charge in [-0.25, -0.2) is 4.98 Å². The van der Waals surface area contributed by atoms with Crippen molar-refractivity contribution in [2.75, 3.05) is 23.7 Å². The second-order valence-electron chi connectivity index (χ2n) is 6.94. The van der Waals surface area contributed by atoms with Gasteiger partial charge < -0.3 is 20.7 Å². The van der Waals surface area contributed by atoms with Crippen LogP contribution in [0, 0.1) is 13.8 Å². The number of aryl methyl sites for hydroxylation is 2. The fourth-order valence-electron chi connectivity index (χ4n) is 2.81. The highest BCUT2D eigenvalue weighted by Gasteiger charge is 2.32. The van der Waals surface area contributed by atoms with E-state index in [0.717, 1.165) is 23.0 Å². The molecule has 168 valence electrons. The van der Waals surface area contributed by atoms with E-state index in [4.69, 9.17) is 0 Å². The fraction of sp³-hybridized carbons (Fsp3) is 0.227. The summed E-state index contributed by atoms with van der Waals surface area (Å²) in [6.45, 7) is 4.23. The molecule has 3 N–H and O–H groups in total. The highest BCUT2D eigenvalue weighted by molar-refractivity contribution is 5.96. The molecule has 0 atom stereocenters. The molecule has 0 spiro atoms. The van der Waals surface area contributed by atoms with Crippen LogP contribution in [0.2, 0.25) is 0 Å². The number of carbonyl (C=O) groups excluding carboxylic acids is 1. The van der Waals surface area contributed by atoms with Crippen LogP contribution in [0.15, 0.2) is 54.6 Å². The summed E-state index contributed by atoms with van der Waals surface area (Å²) < 4.78 is 41.5. The molecule has 0 unspecified atom stereocenters. The lowest BCUT2D eigenvalue weighted by molar-refractivity contribution is -0.274. The Labute approximate surface area is 183 Å². The maximum absolute atomic E-state index is 12.5. The summed E-state index contributed by atoms with van der Waals surface area (Å²) >= 11 is 0. The largest absolute Gasteiger partial charge is 0.573 e. The van der Waals surface area contributed by atoms with Crippen molar-refractivity contribution in [2.45, 2.75) is 20.2 Å². The molecule has 10 heteroatoms. The highest BCUT2D eigenvalue weighted by atomic mass is 19.4. The van der Waals surface area contributed by atoms with Crippen molar-refractivity contribution in [3.63, 3.8) is 0 Å². The van der Waals surface area contributed by atoms with Crippen LogP contribution in [0.1, 0.15) is 21.6 Å². The smallest absolute Gasteiger partial charge is 0.405 e. The van der Waals surface area contributed by atoms with Gasteiger partial charge in [0.15, 0.2) is 0 Å². The molecule has 2 aromatic carbocycles. The quantitative estimate of drug-likeness (QED) is 0.440. The first-order chi connectivity index (χ1) is 15.2. The molecule has 7 nitrogen and oxygen atoms in total. The van der Waals surface area contributed by atoms with Crippen LogP contribution in [0.3, 0.4) is 0 Å². The van der Waals surface area contributed by atoms with Gasteiger partial charge in [0.1, 0.15) is 11.6 Å². The summed E-state index contributed by atoms with van der Waals surface area (Å²) in [4.78, 5) is 21.0. The van der Waals surface area contributed by atoms with E-state index in [0.29, 0.717) is 11.8 Å². The van der Waals surface area contributed by atoms with Gasteiger partial charge in [-0.2, -0.15) is 4.98 Å². The van der Waals surface area contributed by atoms with Gasteiger partial charge in [0, 0.05) is 30.5 Å². The number of rotatable bonds is 8. The average molecular weight is 445 g/mol. The molecule has 0 saturated heterocycles. The maximum atomic E-state index is 12.5. The van der Waals surface area contributed by atoms with Crippen molar-refractivity contribution >= 4 is 23.4 Å². The average Bonchev–Trinajstić information content (AvgIpc) is 2.72. The number of halogens is 3. The van der Waals surface area contributed by atoms with E-state index in [1.54, 1.807) is 6.07 Å². The number of nitrogens with zero attached hydrogens (tertiary/aromatic N) is 2. The molecule has 0 fully saturated rings. The Hall–Kier alpha value is -3.82. The molecule has 0 bridgehead atoms. The zero-order valence-corrected chi connectivity index (χ0v) is 17.5. The Balaban J connectivity index is 1.55. The van der Waals surface area contributed by atoms with Crippen LogP contribution in [-0.2, 0) is 0 Å². The summed E-state index contributed by atoms with van der Waals surface area (Å²) in [5.74, 6) is -0.279. The van der Waals surface area contributed by atoms with Gasteiger partial charge in [-0.3, -0.25) is 4.79 Å². The Bertz CT molecular complexity index is 1070. The highest BCUT2D eigenvalue weighted by Crippen LogP contribution is 2.26. The number of para-hydroxylation sites is 1. The minimum absolute atomic E-state index is 0.136. The van der Waals surface area contributed by atoms with Crippen molar-refractivity contribution in [3.05, 3.63) is 71.4 Å². The number of aromatic nitrogens is 2. The molecule has 32 heavy (non-hydrogen) atoms. The topological polar surface area (TPSA) is 88.2 Å². The predicted molar refractivity (Wildman–Crippen MR) is 115 cm³/mol. The molecule has 0 radical (unpaired) electrons. The molecule has 0 saturated carbocycles. The second-order valence-corrected chi connectivity index (χ2v) is 6.94. The molecule has 3 aromatic rings. The molecule has 1 aromatic heterocycles. The van der Waals surface area contributed by atoms with Crippen LogP contribution in [0.4, 0.5) is 30.6 Å². The van der Waals surface area contributed by atoms with E-state index in [1.165, 1.54) is 18.2 Å². The van der Waals surface area contributed by atoms with E-state index >= 15 is 0 Å². The third-order valence-electron chi connectivity index (χ3n) is 4.23. The van der Waals surface area contributed by atoms with E-state index in [1.807, 2.05) is 38.1 Å². The van der Waals surface area contributed by atoms with Gasteiger partial charge in [-0.1, -0.05) is 29.8 Å². The Morgan fingerprint density at radius 3 is 2.44 bits per heavy atom. The van der Waals surface area contributed by atoms with E-state index in [9.17, 15) is 18.0 Å². The van der Waals surface area contributed by atoms with Crippen molar-refractivity contribution in [2.24, 2.45) is 0 Å². The Morgan fingerprint density at radius 2 is 1.72 bits per heavy atom. The summed E-state index contributed by atoms with van der Waals surface area (Å²) in [6, 6.07) is 14.8. The standard InChI is InChI=1S/C22H22F3N5O2/c1-14-7-9-16(10-8-14)29-19-13-15(2)28-21(30-19)27-12-11-26-20(31)17-5-3-4-6-18(17)32-22(23,24)25/h3-10,13H,11-12H2,1-2H3,(H,26,31)(H2,27,28,29,30). The number of alkyl halides is 3. The van der Waals surface area contributed by atoms with Crippen LogP contribution in [-0.4, -0.2) is 35.3 Å². The number of amides is 1. The first-order valence-corrected chi connectivity index (χ1v) is 9.76. The normalized spacial score (nSPS) is 11.0. The number of ether oxygens (including phenoxy) is 1. The number of benzene rings is 2. The predicted octanol–water partition coefficient (Wildman–Crippen LogP) is 4.58. The van der Waals surface area contributed by atoms with Crippen molar-refractivity contribution in [3.8, 4) is 5.75 Å².